The van der Waals surface area contributed by atoms with Crippen LogP contribution in [0.25, 0.3) is 0 Å². The molecule has 0 aliphatic heterocycles. The Kier molecular flexibility index (Phi) is 5.56. The summed E-state index contributed by atoms with van der Waals surface area (Å²) in [5, 5.41) is 9.98. The number of nitrogens with one attached hydrogen (secondary N) is 2. The van der Waals surface area contributed by atoms with E-state index in [-0.39, 0.29) is 17.8 Å². The van der Waals surface area contributed by atoms with Gasteiger partial charge in [0.15, 0.2) is 0 Å². The van der Waals surface area contributed by atoms with Crippen LogP contribution in [0.3, 0.4) is 0 Å². The van der Waals surface area contributed by atoms with E-state index >= 15 is 0 Å². The second-order valence-corrected chi connectivity index (χ2v) is 5.74. The molecule has 1 unspecified atom stereocenters. The zero-order valence-electron chi connectivity index (χ0n) is 12.6. The van der Waals surface area contributed by atoms with Crippen molar-refractivity contribution in [3.63, 3.8) is 0 Å². The fraction of sp³-hybridized carbons (Fsp3) is 0.800. The summed E-state index contributed by atoms with van der Waals surface area (Å²) >= 11 is 0. The third-order valence-electron chi connectivity index (χ3n) is 4.20. The second kappa shape index (κ2) is 7.41. The van der Waals surface area contributed by atoms with Gasteiger partial charge >= 0.3 is 0 Å². The van der Waals surface area contributed by atoms with Gasteiger partial charge in [0.05, 0.1) is 0 Å². The van der Waals surface area contributed by atoms with E-state index in [2.05, 4.69) is 34.3 Å². The summed E-state index contributed by atoms with van der Waals surface area (Å²) in [6, 6.07) is 0.260. The maximum absolute atomic E-state index is 12.2. The molecule has 5 heteroatoms. The SMILES string of the molecule is CCCc1nc(C(=O)NC(CC)C2CCCCC2)n[nH]1. The van der Waals surface area contributed by atoms with Gasteiger partial charge in [-0.15, -0.1) is 5.10 Å². The number of hydrogen-bond donors (Lipinski definition) is 2. The van der Waals surface area contributed by atoms with Gasteiger partial charge in [-0.05, 0) is 31.6 Å². The van der Waals surface area contributed by atoms with Crippen LogP contribution in [-0.2, 0) is 6.42 Å². The molecule has 0 bridgehead atoms. The molecule has 1 heterocycles. The molecule has 1 saturated carbocycles. The molecule has 112 valence electrons. The van der Waals surface area contributed by atoms with Crippen molar-refractivity contribution in [2.75, 3.05) is 0 Å². The van der Waals surface area contributed by atoms with Crippen LogP contribution in [0, 0.1) is 5.92 Å². The van der Waals surface area contributed by atoms with E-state index in [9.17, 15) is 4.79 Å². The van der Waals surface area contributed by atoms with Crippen LogP contribution in [0.5, 0.6) is 0 Å². The Hall–Kier alpha value is -1.39. The van der Waals surface area contributed by atoms with Gasteiger partial charge in [-0.1, -0.05) is 33.1 Å². The highest BCUT2D eigenvalue weighted by Gasteiger charge is 2.25. The zero-order valence-corrected chi connectivity index (χ0v) is 12.6. The van der Waals surface area contributed by atoms with E-state index < -0.39 is 0 Å². The minimum absolute atomic E-state index is 0.138. The molecule has 1 fully saturated rings. The lowest BCUT2D eigenvalue weighted by Crippen LogP contribution is -2.41. The molecule has 2 N–H and O–H groups in total. The molecule has 0 spiro atoms. The molecule has 1 aromatic heterocycles. The average molecular weight is 278 g/mol. The van der Waals surface area contributed by atoms with Gasteiger partial charge in [0.25, 0.3) is 5.91 Å². The van der Waals surface area contributed by atoms with Crippen molar-refractivity contribution < 1.29 is 4.79 Å². The number of carbonyl (C=O) groups is 1. The number of aromatic nitrogens is 3. The summed E-state index contributed by atoms with van der Waals surface area (Å²) in [4.78, 5) is 16.5. The van der Waals surface area contributed by atoms with Crippen molar-refractivity contribution in [1.82, 2.24) is 20.5 Å². The first-order valence-corrected chi connectivity index (χ1v) is 7.96. The Bertz CT molecular complexity index is 423. The van der Waals surface area contributed by atoms with E-state index in [1.54, 1.807) is 0 Å². The number of aromatic amines is 1. The van der Waals surface area contributed by atoms with E-state index in [0.717, 1.165) is 25.1 Å². The van der Waals surface area contributed by atoms with Crippen molar-refractivity contribution in [3.05, 3.63) is 11.6 Å². The van der Waals surface area contributed by atoms with Gasteiger partial charge in [-0.3, -0.25) is 9.89 Å². The second-order valence-electron chi connectivity index (χ2n) is 5.74. The number of rotatable bonds is 6. The summed E-state index contributed by atoms with van der Waals surface area (Å²) in [5.41, 5.74) is 0. The fourth-order valence-electron chi connectivity index (χ4n) is 3.07. The molecule has 2 rings (SSSR count). The number of carbonyl (C=O) groups excluding carboxylic acids is 1. The molecule has 1 amide bonds. The van der Waals surface area contributed by atoms with E-state index in [1.165, 1.54) is 32.1 Å². The Morgan fingerprint density at radius 1 is 1.35 bits per heavy atom. The van der Waals surface area contributed by atoms with E-state index in [4.69, 9.17) is 0 Å². The minimum atomic E-state index is -0.138. The smallest absolute Gasteiger partial charge is 0.291 e. The molecule has 0 aromatic carbocycles. The Balaban J connectivity index is 1.93. The molecule has 1 atom stereocenters. The first-order valence-electron chi connectivity index (χ1n) is 7.96. The van der Waals surface area contributed by atoms with Crippen molar-refractivity contribution in [2.45, 2.75) is 71.3 Å². The molecular weight excluding hydrogens is 252 g/mol. The number of H-pyrrole nitrogens is 1. The third kappa shape index (κ3) is 3.81. The Labute approximate surface area is 120 Å². The monoisotopic (exact) mass is 278 g/mol. The van der Waals surface area contributed by atoms with E-state index in [1.807, 2.05) is 0 Å². The topological polar surface area (TPSA) is 70.7 Å². The van der Waals surface area contributed by atoms with Crippen LogP contribution < -0.4 is 5.32 Å². The minimum Gasteiger partial charge on any atom is -0.346 e. The zero-order chi connectivity index (χ0) is 14.4. The fourth-order valence-corrected chi connectivity index (χ4v) is 3.07. The predicted octanol–water partition coefficient (Wildman–Crippen LogP) is 2.85. The molecular formula is C15H26N4O. The first kappa shape index (κ1) is 15.0. The Morgan fingerprint density at radius 2 is 2.10 bits per heavy atom. The molecule has 5 nitrogen and oxygen atoms in total. The standard InChI is InChI=1S/C15H26N4O/c1-3-8-13-17-14(19-18-13)15(20)16-12(4-2)11-9-6-5-7-10-11/h11-12H,3-10H2,1-2H3,(H,16,20)(H,17,18,19). The summed E-state index contributed by atoms with van der Waals surface area (Å²) in [6.45, 7) is 4.22. The lowest BCUT2D eigenvalue weighted by atomic mass is 9.83. The number of nitrogens with zero attached hydrogens (tertiary/aromatic N) is 2. The van der Waals surface area contributed by atoms with Gasteiger partial charge in [-0.2, -0.15) is 0 Å². The van der Waals surface area contributed by atoms with Crippen LogP contribution in [0.15, 0.2) is 0 Å². The lowest BCUT2D eigenvalue weighted by molar-refractivity contribution is 0.0901. The normalized spacial score (nSPS) is 17.9. The highest BCUT2D eigenvalue weighted by Crippen LogP contribution is 2.27. The highest BCUT2D eigenvalue weighted by atomic mass is 16.2. The number of hydrogen-bond acceptors (Lipinski definition) is 3. The predicted molar refractivity (Wildman–Crippen MR) is 78.5 cm³/mol. The largest absolute Gasteiger partial charge is 0.346 e. The van der Waals surface area contributed by atoms with Crippen molar-refractivity contribution in [2.24, 2.45) is 5.92 Å². The van der Waals surface area contributed by atoms with Gasteiger partial charge in [-0.25, -0.2) is 4.98 Å². The summed E-state index contributed by atoms with van der Waals surface area (Å²) in [7, 11) is 0. The van der Waals surface area contributed by atoms with Crippen LogP contribution in [0.4, 0.5) is 0 Å². The highest BCUT2D eigenvalue weighted by molar-refractivity contribution is 5.90. The van der Waals surface area contributed by atoms with Crippen molar-refractivity contribution >= 4 is 5.91 Å². The third-order valence-corrected chi connectivity index (χ3v) is 4.20. The van der Waals surface area contributed by atoms with Gasteiger partial charge in [0, 0.05) is 12.5 Å². The summed E-state index contributed by atoms with van der Waals surface area (Å²) in [5.74, 6) is 1.55. The molecule has 1 aromatic rings. The van der Waals surface area contributed by atoms with Gasteiger partial charge in [0.1, 0.15) is 5.82 Å². The molecule has 1 aliphatic carbocycles. The van der Waals surface area contributed by atoms with E-state index in [0.29, 0.717) is 5.92 Å². The summed E-state index contributed by atoms with van der Waals surface area (Å²) < 4.78 is 0. The number of amides is 1. The van der Waals surface area contributed by atoms with Gasteiger partial charge < -0.3 is 5.32 Å². The maximum Gasteiger partial charge on any atom is 0.291 e. The van der Waals surface area contributed by atoms with Crippen LogP contribution in [0.2, 0.25) is 0 Å². The molecule has 20 heavy (non-hydrogen) atoms. The molecule has 0 radical (unpaired) electrons. The molecule has 1 aliphatic rings. The maximum atomic E-state index is 12.2. The van der Waals surface area contributed by atoms with Crippen LogP contribution >= 0.6 is 0 Å². The first-order chi connectivity index (χ1) is 9.74. The average Bonchev–Trinajstić information content (AvgIpc) is 2.94. The summed E-state index contributed by atoms with van der Waals surface area (Å²) in [6.07, 6.45) is 9.18. The van der Waals surface area contributed by atoms with Crippen molar-refractivity contribution in [3.8, 4) is 0 Å². The lowest BCUT2D eigenvalue weighted by Gasteiger charge is -2.29. The quantitative estimate of drug-likeness (QED) is 0.840. The number of aryl methyl sites for hydroxylation is 1. The van der Waals surface area contributed by atoms with Crippen LogP contribution in [-0.4, -0.2) is 27.1 Å². The molecule has 0 saturated heterocycles. The van der Waals surface area contributed by atoms with Gasteiger partial charge in [0.2, 0.25) is 5.82 Å². The van der Waals surface area contributed by atoms with Crippen molar-refractivity contribution in [1.29, 1.82) is 0 Å². The van der Waals surface area contributed by atoms with Crippen LogP contribution in [0.1, 0.15) is 75.2 Å². The Morgan fingerprint density at radius 3 is 2.75 bits per heavy atom.